The zero-order valence-corrected chi connectivity index (χ0v) is 31.0. The first-order chi connectivity index (χ1) is 23.8. The Morgan fingerprint density at radius 1 is 0.800 bits per heavy atom. The number of nitrogens with zero attached hydrogens (tertiary/aromatic N) is 4. The van der Waals surface area contributed by atoms with Gasteiger partial charge in [0.2, 0.25) is 0 Å². The van der Waals surface area contributed by atoms with Crippen LogP contribution in [-0.4, -0.2) is 19.3 Å². The Bertz CT molecular complexity index is 2310. The van der Waals surface area contributed by atoms with Crippen molar-refractivity contribution < 1.29 is 29.6 Å². The van der Waals surface area contributed by atoms with E-state index in [4.69, 9.17) is 9.84 Å². The van der Waals surface area contributed by atoms with Crippen LogP contribution in [0.4, 0.5) is 4.39 Å². The summed E-state index contributed by atoms with van der Waals surface area (Å²) < 4.78 is 25.0. The normalized spacial score (nSPS) is 11.3. The van der Waals surface area contributed by atoms with E-state index in [9.17, 15) is 4.39 Å². The van der Waals surface area contributed by atoms with Gasteiger partial charge in [-0.25, -0.2) is 9.37 Å². The molecule has 4 aromatic carbocycles. The molecule has 50 heavy (non-hydrogen) atoms. The monoisotopic (exact) mass is 754 g/mol. The fourth-order valence-corrected chi connectivity index (χ4v) is 7.22. The molecule has 5 nitrogen and oxygen atoms in total. The zero-order valence-electron chi connectivity index (χ0n) is 29.4. The third-order valence-corrected chi connectivity index (χ3v) is 9.30. The van der Waals surface area contributed by atoms with E-state index in [0.29, 0.717) is 17.3 Å². The van der Waals surface area contributed by atoms with Gasteiger partial charge in [-0.1, -0.05) is 81.4 Å². The maximum Gasteiger partial charge on any atom is 2.00 e. The number of fused-ring (bicyclic) bond motifs is 3. The topological polar surface area (TPSA) is 44.9 Å². The van der Waals surface area contributed by atoms with Gasteiger partial charge in [-0.2, -0.15) is 16.7 Å². The van der Waals surface area contributed by atoms with Crippen LogP contribution in [0.2, 0.25) is 0 Å². The molecule has 0 aliphatic carbocycles. The Morgan fingerprint density at radius 2 is 1.58 bits per heavy atom. The van der Waals surface area contributed by atoms with Crippen LogP contribution in [0.3, 0.4) is 0 Å². The van der Waals surface area contributed by atoms with E-state index in [1.807, 2.05) is 34.9 Å². The molecule has 0 radical (unpaired) electrons. The molecule has 0 N–H and O–H groups in total. The van der Waals surface area contributed by atoms with Gasteiger partial charge >= 0.3 is 20.4 Å². The number of hydrogen-bond donors (Lipinski definition) is 0. The van der Waals surface area contributed by atoms with Crippen molar-refractivity contribution in [3.05, 3.63) is 131 Å². The number of hydrogen-bond acceptors (Lipinski definition) is 3. The number of rotatable bonds is 10. The fourth-order valence-electron chi connectivity index (χ4n) is 7.22. The molecule has 0 spiro atoms. The molecule has 0 amide bonds. The molecule has 7 rings (SSSR count). The minimum Gasteiger partial charge on any atom is -0.509 e. The number of halogens is 1. The summed E-state index contributed by atoms with van der Waals surface area (Å²) >= 11 is 0. The molecule has 7 aromatic rings. The maximum absolute atomic E-state index is 14.4. The van der Waals surface area contributed by atoms with Crippen LogP contribution in [0.25, 0.3) is 44.4 Å². The second kappa shape index (κ2) is 14.7. The summed E-state index contributed by atoms with van der Waals surface area (Å²) in [5.74, 6) is 1.29. The first kappa shape index (κ1) is 35.3. The van der Waals surface area contributed by atoms with Crippen molar-refractivity contribution in [2.24, 2.45) is 0 Å². The summed E-state index contributed by atoms with van der Waals surface area (Å²) in [5.41, 5.74) is 12.3. The van der Waals surface area contributed by atoms with Crippen molar-refractivity contribution in [1.82, 2.24) is 19.3 Å². The van der Waals surface area contributed by atoms with Crippen molar-refractivity contribution in [3.8, 4) is 34.1 Å². The van der Waals surface area contributed by atoms with Crippen molar-refractivity contribution in [2.45, 2.75) is 73.6 Å². The van der Waals surface area contributed by atoms with Crippen LogP contribution in [0, 0.1) is 38.7 Å². The van der Waals surface area contributed by atoms with Crippen LogP contribution < -0.4 is 4.74 Å². The average molecular weight is 755 g/mol. The molecule has 256 valence electrons. The van der Waals surface area contributed by atoms with Gasteiger partial charge in [-0.05, 0) is 73.5 Å². The molecule has 0 fully saturated rings. The Balaban J connectivity index is 0.00000432. The number of ether oxygens (including phenoxy) is 1. The van der Waals surface area contributed by atoms with Crippen LogP contribution in [0.15, 0.2) is 79.0 Å². The summed E-state index contributed by atoms with van der Waals surface area (Å²) in [4.78, 5) is 4.50. The first-order valence-electron chi connectivity index (χ1n) is 17.3. The van der Waals surface area contributed by atoms with Gasteiger partial charge in [0.05, 0.1) is 5.69 Å². The predicted molar refractivity (Wildman–Crippen MR) is 197 cm³/mol. The molecule has 3 aromatic heterocycles. The molecule has 0 saturated carbocycles. The third-order valence-electron chi connectivity index (χ3n) is 9.30. The van der Waals surface area contributed by atoms with Crippen LogP contribution in [0.1, 0.15) is 67.3 Å². The minimum atomic E-state index is -0.346. The van der Waals surface area contributed by atoms with Gasteiger partial charge in [-0.15, -0.1) is 35.7 Å². The molecule has 0 unspecified atom stereocenters. The van der Waals surface area contributed by atoms with Gasteiger partial charge in [-0.3, -0.25) is 4.68 Å². The number of pyridine rings is 1. The smallest absolute Gasteiger partial charge is 0.509 e. The van der Waals surface area contributed by atoms with Crippen molar-refractivity contribution in [2.75, 3.05) is 0 Å². The SMILES string of the molecule is CCCCc1cc(Oc2[c-]c3c(cc2)c2ccccc2n3-c2cc(F)ccn2)[c-]c(-n2nc(CC)c(-c3c(C)cc(C)cc3C)c2CC)c1.[Pd+2]. The number of benzene rings is 4. The Hall–Kier alpha value is -4.57. The van der Waals surface area contributed by atoms with Gasteiger partial charge in [0.25, 0.3) is 0 Å². The molecule has 3 heterocycles. The van der Waals surface area contributed by atoms with E-state index in [0.717, 1.165) is 65.3 Å². The average Bonchev–Trinajstić information content (AvgIpc) is 3.62. The van der Waals surface area contributed by atoms with Gasteiger partial charge in [0.15, 0.2) is 0 Å². The number of para-hydroxylation sites is 1. The second-order valence-corrected chi connectivity index (χ2v) is 12.9. The Kier molecular flexibility index (Phi) is 10.4. The standard InChI is InChI=1S/C43H41FN4O.Pd/c1-7-10-13-30-22-32(48-38(9-3)43(37(8-2)46-48)42-28(5)20-27(4)21-29(42)6)25-34(23-30)49-33-16-17-36-35-14-11-12-15-39(35)47(40(36)26-33)41-24-31(44)18-19-45-41;/h11-12,14-24H,7-10,13H2,1-6H3;/q-2;+2. The Labute approximate surface area is 307 Å². The van der Waals surface area contributed by atoms with Crippen LogP contribution >= 0.6 is 0 Å². The molecular formula is C43H41FN4OPd. The summed E-state index contributed by atoms with van der Waals surface area (Å²) in [6.07, 6.45) is 6.20. The largest absolute Gasteiger partial charge is 2.00 e. The van der Waals surface area contributed by atoms with Crippen LogP contribution in [-0.2, 0) is 39.7 Å². The van der Waals surface area contributed by atoms with E-state index in [-0.39, 0.29) is 26.2 Å². The first-order valence-corrected chi connectivity index (χ1v) is 17.3. The molecule has 0 aliphatic heterocycles. The van der Waals surface area contributed by atoms with E-state index in [1.54, 1.807) is 0 Å². The molecular weight excluding hydrogens is 714 g/mol. The van der Waals surface area contributed by atoms with Crippen molar-refractivity contribution in [3.63, 3.8) is 0 Å². The molecule has 0 saturated heterocycles. The fraction of sp³-hybridized carbons (Fsp3) is 0.256. The maximum atomic E-state index is 14.4. The van der Waals surface area contributed by atoms with E-state index in [1.165, 1.54) is 57.4 Å². The van der Waals surface area contributed by atoms with Gasteiger partial charge < -0.3 is 9.30 Å². The molecule has 7 heteroatoms. The summed E-state index contributed by atoms with van der Waals surface area (Å²) in [6.45, 7) is 13.1. The van der Waals surface area contributed by atoms with Crippen LogP contribution in [0.5, 0.6) is 11.5 Å². The quantitative estimate of drug-likeness (QED) is 0.103. The summed E-state index contributed by atoms with van der Waals surface area (Å²) in [6, 6.07) is 30.7. The van der Waals surface area contributed by atoms with Crippen molar-refractivity contribution >= 4 is 21.8 Å². The van der Waals surface area contributed by atoms with E-state index < -0.39 is 0 Å². The number of unbranched alkanes of at least 4 members (excludes halogenated alkanes) is 1. The molecule has 0 aliphatic rings. The minimum absolute atomic E-state index is 0. The summed E-state index contributed by atoms with van der Waals surface area (Å²) in [5, 5.41) is 7.24. The Morgan fingerprint density at radius 3 is 2.30 bits per heavy atom. The molecule has 0 atom stereocenters. The second-order valence-electron chi connectivity index (χ2n) is 12.9. The van der Waals surface area contributed by atoms with E-state index >= 15 is 0 Å². The zero-order chi connectivity index (χ0) is 34.2. The third kappa shape index (κ3) is 6.53. The summed E-state index contributed by atoms with van der Waals surface area (Å²) in [7, 11) is 0. The van der Waals surface area contributed by atoms with Crippen molar-refractivity contribution in [1.29, 1.82) is 0 Å². The van der Waals surface area contributed by atoms with Gasteiger partial charge in [0.1, 0.15) is 11.6 Å². The number of aromatic nitrogens is 4. The van der Waals surface area contributed by atoms with Gasteiger partial charge in [0, 0.05) is 40.5 Å². The number of aryl methyl sites for hydroxylation is 5. The predicted octanol–water partition coefficient (Wildman–Crippen LogP) is 11.0. The van der Waals surface area contributed by atoms with E-state index in [2.05, 4.69) is 93.7 Å². The molecule has 0 bridgehead atoms.